The van der Waals surface area contributed by atoms with E-state index in [2.05, 4.69) is 4.98 Å². The standard InChI is InChI=1S/C18H20F3N3O2/c1-11-17(25)23(3)7-8-24(11)10-15-12(2)26-16(22-15)13-5-4-6-14(9-13)18(19,20)21/h4-6,9,11H,7-8,10H2,1-3H3. The fourth-order valence-corrected chi connectivity index (χ4v) is 2.99. The lowest BCUT2D eigenvalue weighted by atomic mass is 10.1. The minimum atomic E-state index is -4.42. The van der Waals surface area contributed by atoms with Gasteiger partial charge >= 0.3 is 6.18 Å². The van der Waals surface area contributed by atoms with E-state index in [0.29, 0.717) is 31.1 Å². The van der Waals surface area contributed by atoms with Gasteiger partial charge in [-0.2, -0.15) is 13.2 Å². The zero-order valence-electron chi connectivity index (χ0n) is 14.8. The zero-order chi connectivity index (χ0) is 19.1. The van der Waals surface area contributed by atoms with Gasteiger partial charge in [0.15, 0.2) is 0 Å². The number of nitrogens with zero attached hydrogens (tertiary/aromatic N) is 3. The lowest BCUT2D eigenvalue weighted by Gasteiger charge is -2.36. The van der Waals surface area contributed by atoms with Gasteiger partial charge < -0.3 is 9.32 Å². The maximum absolute atomic E-state index is 12.9. The molecule has 3 rings (SSSR count). The fourth-order valence-electron chi connectivity index (χ4n) is 2.99. The summed E-state index contributed by atoms with van der Waals surface area (Å²) >= 11 is 0. The van der Waals surface area contributed by atoms with Gasteiger partial charge in [0.05, 0.1) is 17.3 Å². The van der Waals surface area contributed by atoms with Crippen LogP contribution in [-0.4, -0.2) is 46.9 Å². The molecule has 0 aliphatic carbocycles. The summed E-state index contributed by atoms with van der Waals surface area (Å²) in [6.07, 6.45) is -4.42. The highest BCUT2D eigenvalue weighted by Gasteiger charge is 2.32. The molecule has 1 aliphatic heterocycles. The Balaban J connectivity index is 1.83. The van der Waals surface area contributed by atoms with Crippen LogP contribution in [0.4, 0.5) is 13.2 Å². The highest BCUT2D eigenvalue weighted by Crippen LogP contribution is 2.32. The lowest BCUT2D eigenvalue weighted by molar-refractivity contribution is -0.139. The van der Waals surface area contributed by atoms with Crippen LogP contribution in [0.3, 0.4) is 0 Å². The number of alkyl halides is 3. The van der Waals surface area contributed by atoms with Gasteiger partial charge in [-0.25, -0.2) is 4.98 Å². The Bertz CT molecular complexity index is 816. The Morgan fingerprint density at radius 2 is 2.04 bits per heavy atom. The smallest absolute Gasteiger partial charge is 0.416 e. The summed E-state index contributed by atoms with van der Waals surface area (Å²) in [6.45, 7) is 5.30. The first kappa shape index (κ1) is 18.4. The first-order valence-electron chi connectivity index (χ1n) is 8.30. The number of halogens is 3. The van der Waals surface area contributed by atoms with Crippen molar-refractivity contribution in [2.45, 2.75) is 32.6 Å². The minimum absolute atomic E-state index is 0.0375. The number of benzene rings is 1. The van der Waals surface area contributed by atoms with Crippen molar-refractivity contribution in [3.05, 3.63) is 41.3 Å². The van der Waals surface area contributed by atoms with Crippen molar-refractivity contribution in [1.29, 1.82) is 0 Å². The third-order valence-corrected chi connectivity index (χ3v) is 4.69. The van der Waals surface area contributed by atoms with Gasteiger partial charge in [-0.05, 0) is 32.0 Å². The number of oxazole rings is 1. The van der Waals surface area contributed by atoms with E-state index in [0.717, 1.165) is 12.1 Å². The second kappa shape index (κ2) is 6.75. The molecule has 1 amide bonds. The van der Waals surface area contributed by atoms with Crippen molar-refractivity contribution in [1.82, 2.24) is 14.8 Å². The van der Waals surface area contributed by atoms with E-state index >= 15 is 0 Å². The van der Waals surface area contributed by atoms with Gasteiger partial charge in [0, 0.05) is 32.2 Å². The second-order valence-corrected chi connectivity index (χ2v) is 6.51. The summed E-state index contributed by atoms with van der Waals surface area (Å²) in [5.74, 6) is 0.725. The second-order valence-electron chi connectivity index (χ2n) is 6.51. The largest absolute Gasteiger partial charge is 0.441 e. The molecule has 1 aliphatic rings. The van der Waals surface area contributed by atoms with Gasteiger partial charge in [-0.3, -0.25) is 9.69 Å². The van der Waals surface area contributed by atoms with Crippen molar-refractivity contribution in [2.75, 3.05) is 20.1 Å². The molecule has 1 atom stereocenters. The average molecular weight is 367 g/mol. The topological polar surface area (TPSA) is 49.6 Å². The SMILES string of the molecule is Cc1oc(-c2cccc(C(F)(F)F)c2)nc1CN1CCN(C)C(=O)C1C. The number of likely N-dealkylation sites (N-methyl/N-ethyl adjacent to an activating group) is 1. The van der Waals surface area contributed by atoms with E-state index in [-0.39, 0.29) is 23.4 Å². The maximum atomic E-state index is 12.9. The lowest BCUT2D eigenvalue weighted by Crippen LogP contribution is -2.53. The van der Waals surface area contributed by atoms with E-state index in [4.69, 9.17) is 4.42 Å². The fraction of sp³-hybridized carbons (Fsp3) is 0.444. The molecule has 1 aromatic heterocycles. The molecular weight excluding hydrogens is 347 g/mol. The maximum Gasteiger partial charge on any atom is 0.416 e. The highest BCUT2D eigenvalue weighted by molar-refractivity contribution is 5.81. The average Bonchev–Trinajstić information content (AvgIpc) is 2.95. The van der Waals surface area contributed by atoms with E-state index in [1.54, 1.807) is 18.9 Å². The van der Waals surface area contributed by atoms with Crippen molar-refractivity contribution >= 4 is 5.91 Å². The van der Waals surface area contributed by atoms with Gasteiger partial charge in [0.2, 0.25) is 11.8 Å². The molecule has 0 N–H and O–H groups in total. The molecule has 2 aromatic rings. The molecule has 8 heteroatoms. The number of piperazine rings is 1. The van der Waals surface area contributed by atoms with E-state index in [1.807, 2.05) is 11.8 Å². The van der Waals surface area contributed by atoms with Crippen LogP contribution < -0.4 is 0 Å². The van der Waals surface area contributed by atoms with Crippen molar-refractivity contribution in [3.8, 4) is 11.5 Å². The number of carbonyl (C=O) groups is 1. The predicted octanol–water partition coefficient (Wildman–Crippen LogP) is 3.33. The minimum Gasteiger partial charge on any atom is -0.441 e. The first-order valence-corrected chi connectivity index (χ1v) is 8.30. The zero-order valence-corrected chi connectivity index (χ0v) is 14.8. The van der Waals surface area contributed by atoms with Crippen LogP contribution in [0.2, 0.25) is 0 Å². The van der Waals surface area contributed by atoms with Crippen LogP contribution in [0.25, 0.3) is 11.5 Å². The molecule has 26 heavy (non-hydrogen) atoms. The Labute approximate surface area is 149 Å². The normalized spacial score (nSPS) is 19.2. The summed E-state index contributed by atoms with van der Waals surface area (Å²) in [6, 6.07) is 4.63. The summed E-state index contributed by atoms with van der Waals surface area (Å²) in [4.78, 5) is 20.2. The van der Waals surface area contributed by atoms with Crippen LogP contribution in [0, 0.1) is 6.92 Å². The van der Waals surface area contributed by atoms with Crippen LogP contribution in [0.5, 0.6) is 0 Å². The Kier molecular flexibility index (Phi) is 4.79. The van der Waals surface area contributed by atoms with Gasteiger partial charge in [-0.1, -0.05) is 6.07 Å². The molecule has 1 saturated heterocycles. The molecule has 0 bridgehead atoms. The Hall–Kier alpha value is -2.35. The molecule has 0 spiro atoms. The molecule has 140 valence electrons. The third-order valence-electron chi connectivity index (χ3n) is 4.69. The van der Waals surface area contributed by atoms with Gasteiger partial charge in [0.25, 0.3) is 0 Å². The molecule has 1 unspecified atom stereocenters. The van der Waals surface area contributed by atoms with Crippen LogP contribution >= 0.6 is 0 Å². The Morgan fingerprint density at radius 1 is 1.31 bits per heavy atom. The summed E-state index contributed by atoms with van der Waals surface area (Å²) in [7, 11) is 1.77. The number of aromatic nitrogens is 1. The van der Waals surface area contributed by atoms with Crippen molar-refractivity contribution < 1.29 is 22.4 Å². The van der Waals surface area contributed by atoms with E-state index in [9.17, 15) is 18.0 Å². The summed E-state index contributed by atoms with van der Waals surface area (Å²) < 4.78 is 44.3. The van der Waals surface area contributed by atoms with Crippen molar-refractivity contribution in [3.63, 3.8) is 0 Å². The number of rotatable bonds is 3. The summed E-state index contributed by atoms with van der Waals surface area (Å²) in [5.41, 5.74) is 0.156. The number of carbonyl (C=O) groups excluding carboxylic acids is 1. The van der Waals surface area contributed by atoms with E-state index < -0.39 is 11.7 Å². The number of amides is 1. The molecule has 1 aromatic carbocycles. The van der Waals surface area contributed by atoms with Crippen molar-refractivity contribution in [2.24, 2.45) is 0 Å². The van der Waals surface area contributed by atoms with Crippen LogP contribution in [0.1, 0.15) is 23.9 Å². The first-order chi connectivity index (χ1) is 12.2. The third kappa shape index (κ3) is 3.60. The molecule has 2 heterocycles. The quantitative estimate of drug-likeness (QED) is 0.835. The number of hydrogen-bond donors (Lipinski definition) is 0. The molecule has 0 radical (unpaired) electrons. The molecule has 5 nitrogen and oxygen atoms in total. The number of hydrogen-bond acceptors (Lipinski definition) is 4. The summed E-state index contributed by atoms with van der Waals surface area (Å²) in [5, 5.41) is 0. The van der Waals surface area contributed by atoms with Crippen LogP contribution in [-0.2, 0) is 17.5 Å². The van der Waals surface area contributed by atoms with Gasteiger partial charge in [-0.15, -0.1) is 0 Å². The van der Waals surface area contributed by atoms with E-state index in [1.165, 1.54) is 12.1 Å². The monoisotopic (exact) mass is 367 g/mol. The van der Waals surface area contributed by atoms with Crippen LogP contribution in [0.15, 0.2) is 28.7 Å². The van der Waals surface area contributed by atoms with Gasteiger partial charge in [0.1, 0.15) is 5.76 Å². The number of aryl methyl sites for hydroxylation is 1. The predicted molar refractivity (Wildman–Crippen MR) is 89.2 cm³/mol. The molecule has 1 fully saturated rings. The Morgan fingerprint density at radius 3 is 2.73 bits per heavy atom. The molecular formula is C18H20F3N3O2. The molecule has 0 saturated carbocycles. The highest BCUT2D eigenvalue weighted by atomic mass is 19.4.